The van der Waals surface area contributed by atoms with Crippen LogP contribution in [0.1, 0.15) is 179 Å². The van der Waals surface area contributed by atoms with E-state index in [2.05, 4.69) is 81.1 Å². The summed E-state index contributed by atoms with van der Waals surface area (Å²) in [7, 11) is -0.923. The number of carbonyl (C=O) groups is 1. The molecule has 44 heavy (non-hydrogen) atoms. The first-order chi connectivity index (χ1) is 20.7. The predicted molar refractivity (Wildman–Crippen MR) is 192 cm³/mol. The standard InChI is InChI=1S/C40H74NO2Si/c1-12-14-15-16-17-18-19-20-29-41(13-2)37(42)26-23-32-31(5)21-24-34-33(32)22-25-35-39(9,10)36(27-28-40(34,35)11)43-44(30(3)4)38(6,7)8/h30,33-36H,12-29H2,1-11H3/t33?,34?,35?,36-,40+/m0/s1. The highest BCUT2D eigenvalue weighted by Crippen LogP contribution is 2.65. The van der Waals surface area contributed by atoms with Crippen LogP contribution in [0, 0.1) is 28.6 Å². The van der Waals surface area contributed by atoms with Crippen LogP contribution in [0.2, 0.25) is 10.6 Å². The van der Waals surface area contributed by atoms with E-state index in [-0.39, 0.29) is 10.5 Å². The number of allylic oxidation sites excluding steroid dienone is 2. The van der Waals surface area contributed by atoms with Gasteiger partial charge in [0.1, 0.15) is 0 Å². The third-order valence-corrected chi connectivity index (χ3v) is 15.6. The Kier molecular flexibility index (Phi) is 14.2. The second-order valence-corrected chi connectivity index (χ2v) is 21.0. The van der Waals surface area contributed by atoms with Crippen LogP contribution in [0.25, 0.3) is 0 Å². The zero-order valence-corrected chi connectivity index (χ0v) is 32.4. The predicted octanol–water partition coefficient (Wildman–Crippen LogP) is 11.9. The number of unbranched alkanes of at least 4 members (excludes halogenated alkanes) is 7. The monoisotopic (exact) mass is 629 g/mol. The molecule has 3 unspecified atom stereocenters. The van der Waals surface area contributed by atoms with Gasteiger partial charge in [-0.05, 0) is 104 Å². The van der Waals surface area contributed by atoms with Crippen LogP contribution < -0.4 is 0 Å². The normalized spacial score (nSPS) is 28.8. The third-order valence-electron chi connectivity index (χ3n) is 12.6. The van der Waals surface area contributed by atoms with Gasteiger partial charge in [0.2, 0.25) is 14.9 Å². The van der Waals surface area contributed by atoms with Crippen LogP contribution in [0.15, 0.2) is 11.1 Å². The van der Waals surface area contributed by atoms with E-state index >= 15 is 0 Å². The van der Waals surface area contributed by atoms with Gasteiger partial charge in [-0.2, -0.15) is 0 Å². The van der Waals surface area contributed by atoms with Crippen molar-refractivity contribution in [3.8, 4) is 0 Å². The van der Waals surface area contributed by atoms with Gasteiger partial charge in [-0.15, -0.1) is 0 Å². The first-order valence-electron chi connectivity index (χ1n) is 19.2. The van der Waals surface area contributed by atoms with E-state index in [0.717, 1.165) is 31.8 Å². The van der Waals surface area contributed by atoms with Crippen molar-refractivity contribution in [1.29, 1.82) is 0 Å². The Morgan fingerprint density at radius 2 is 1.59 bits per heavy atom. The van der Waals surface area contributed by atoms with E-state index in [1.54, 1.807) is 11.1 Å². The van der Waals surface area contributed by atoms with Gasteiger partial charge >= 0.3 is 0 Å². The van der Waals surface area contributed by atoms with Crippen molar-refractivity contribution in [2.45, 2.75) is 196 Å². The highest BCUT2D eigenvalue weighted by atomic mass is 28.3. The zero-order chi connectivity index (χ0) is 32.7. The molecular formula is C40H74NO2Si. The van der Waals surface area contributed by atoms with E-state index < -0.39 is 9.04 Å². The number of nitrogens with zero attached hydrogens (tertiary/aromatic N) is 1. The van der Waals surface area contributed by atoms with E-state index in [0.29, 0.717) is 41.2 Å². The van der Waals surface area contributed by atoms with Gasteiger partial charge in [-0.3, -0.25) is 4.79 Å². The maximum Gasteiger partial charge on any atom is 0.222 e. The molecule has 0 aromatic rings. The summed E-state index contributed by atoms with van der Waals surface area (Å²) in [5.74, 6) is 2.54. The quantitative estimate of drug-likeness (QED) is 0.0966. The van der Waals surface area contributed by atoms with Crippen LogP contribution in [-0.2, 0) is 9.22 Å². The third kappa shape index (κ3) is 9.05. The van der Waals surface area contributed by atoms with Crippen LogP contribution >= 0.6 is 0 Å². The van der Waals surface area contributed by atoms with Gasteiger partial charge < -0.3 is 9.33 Å². The van der Waals surface area contributed by atoms with Crippen LogP contribution in [-0.4, -0.2) is 39.0 Å². The smallest absolute Gasteiger partial charge is 0.222 e. The minimum atomic E-state index is -0.923. The Hall–Kier alpha value is -0.613. The van der Waals surface area contributed by atoms with E-state index in [4.69, 9.17) is 4.43 Å². The molecule has 1 amide bonds. The summed E-state index contributed by atoms with van der Waals surface area (Å²) in [4.78, 5) is 15.6. The molecule has 3 aliphatic rings. The van der Waals surface area contributed by atoms with Gasteiger partial charge in [0.15, 0.2) is 0 Å². The average Bonchev–Trinajstić information content (AvgIpc) is 2.94. The largest absolute Gasteiger partial charge is 0.412 e. The number of carbonyl (C=O) groups excluding carboxylic acids is 1. The van der Waals surface area contributed by atoms with Crippen molar-refractivity contribution in [1.82, 2.24) is 4.90 Å². The van der Waals surface area contributed by atoms with Crippen molar-refractivity contribution in [3.05, 3.63) is 11.1 Å². The zero-order valence-electron chi connectivity index (χ0n) is 31.4. The van der Waals surface area contributed by atoms with Gasteiger partial charge in [0.05, 0.1) is 6.10 Å². The number of rotatable bonds is 16. The molecule has 0 aromatic carbocycles. The number of amides is 1. The van der Waals surface area contributed by atoms with Crippen LogP contribution in [0.3, 0.4) is 0 Å². The summed E-state index contributed by atoms with van der Waals surface area (Å²) in [5, 5.41) is 0.257. The summed E-state index contributed by atoms with van der Waals surface area (Å²) in [6.07, 6.45) is 20.3. The topological polar surface area (TPSA) is 29.5 Å². The van der Waals surface area contributed by atoms with Gasteiger partial charge in [0.25, 0.3) is 0 Å². The number of fused-ring (bicyclic) bond motifs is 3. The Bertz CT molecular complexity index is 932. The molecule has 0 aromatic heterocycles. The molecule has 2 fully saturated rings. The highest BCUT2D eigenvalue weighted by Gasteiger charge is 2.59. The Labute approximate surface area is 276 Å². The molecule has 0 aliphatic heterocycles. The molecule has 0 bridgehead atoms. The number of hydrogen-bond acceptors (Lipinski definition) is 2. The molecule has 0 saturated heterocycles. The highest BCUT2D eigenvalue weighted by molar-refractivity contribution is 6.56. The molecule has 3 nitrogen and oxygen atoms in total. The van der Waals surface area contributed by atoms with Gasteiger partial charge in [-0.25, -0.2) is 0 Å². The molecule has 2 saturated carbocycles. The minimum Gasteiger partial charge on any atom is -0.412 e. The van der Waals surface area contributed by atoms with Crippen molar-refractivity contribution in [2.24, 2.45) is 28.6 Å². The van der Waals surface area contributed by atoms with Crippen LogP contribution in [0.5, 0.6) is 0 Å². The average molecular weight is 629 g/mol. The first-order valence-corrected chi connectivity index (χ1v) is 20.7. The molecule has 255 valence electrons. The molecule has 0 heterocycles. The summed E-state index contributed by atoms with van der Waals surface area (Å²) >= 11 is 0. The summed E-state index contributed by atoms with van der Waals surface area (Å²) < 4.78 is 7.21. The first kappa shape index (κ1) is 37.8. The van der Waals surface area contributed by atoms with Gasteiger partial charge in [-0.1, -0.05) is 118 Å². The Morgan fingerprint density at radius 3 is 2.18 bits per heavy atom. The maximum absolute atomic E-state index is 13.4. The Balaban J connectivity index is 1.60. The van der Waals surface area contributed by atoms with E-state index in [1.165, 1.54) is 83.5 Å². The summed E-state index contributed by atoms with van der Waals surface area (Å²) in [6, 6.07) is 0. The molecule has 3 rings (SSSR count). The van der Waals surface area contributed by atoms with Crippen molar-refractivity contribution in [2.75, 3.05) is 13.1 Å². The fourth-order valence-corrected chi connectivity index (χ4v) is 13.3. The lowest BCUT2D eigenvalue weighted by atomic mass is 9.43. The summed E-state index contributed by atoms with van der Waals surface area (Å²) in [5.41, 5.74) is 4.49. The number of hydrogen-bond donors (Lipinski definition) is 0. The van der Waals surface area contributed by atoms with E-state index in [1.807, 2.05) is 0 Å². The lowest BCUT2D eigenvalue weighted by Gasteiger charge is -2.63. The van der Waals surface area contributed by atoms with Gasteiger partial charge in [0, 0.05) is 19.5 Å². The maximum atomic E-state index is 13.4. The van der Waals surface area contributed by atoms with Crippen molar-refractivity contribution < 1.29 is 9.22 Å². The van der Waals surface area contributed by atoms with Crippen molar-refractivity contribution >= 4 is 14.9 Å². The molecule has 3 aliphatic carbocycles. The molecule has 5 atom stereocenters. The fourth-order valence-electron chi connectivity index (χ4n) is 10.2. The van der Waals surface area contributed by atoms with Crippen LogP contribution in [0.4, 0.5) is 0 Å². The SMILES string of the molecule is CCCCCCCCCCN(CC)C(=O)CCC1=C(C)CCC2C1CCC1C(C)(C)[C@@H](O[Si](C(C)C)C(C)(C)C)CC[C@]21C. The molecular weight excluding hydrogens is 555 g/mol. The van der Waals surface area contributed by atoms with Crippen molar-refractivity contribution in [3.63, 3.8) is 0 Å². The molecule has 0 N–H and O–H groups in total. The minimum absolute atomic E-state index is 0.206. The fraction of sp³-hybridized carbons (Fsp3) is 0.925. The molecule has 4 heteroatoms. The Morgan fingerprint density at radius 1 is 0.955 bits per heavy atom. The lowest BCUT2D eigenvalue weighted by Crippen LogP contribution is -2.58. The molecule has 0 spiro atoms. The second-order valence-electron chi connectivity index (χ2n) is 17.4. The lowest BCUT2D eigenvalue weighted by molar-refractivity contribution is -0.144. The second kappa shape index (κ2) is 16.5. The molecule has 1 radical (unpaired) electrons. The summed E-state index contributed by atoms with van der Waals surface area (Å²) in [6.45, 7) is 28.3. The van der Waals surface area contributed by atoms with E-state index in [9.17, 15) is 4.79 Å².